The van der Waals surface area contributed by atoms with Crippen molar-refractivity contribution in [3.63, 3.8) is 0 Å². The maximum atomic E-state index is 13.2. The van der Waals surface area contributed by atoms with Crippen LogP contribution in [-0.4, -0.2) is 33.6 Å². The van der Waals surface area contributed by atoms with Crippen LogP contribution in [0.2, 0.25) is 5.02 Å². The van der Waals surface area contributed by atoms with E-state index < -0.39 is 0 Å². The number of hydrogen-bond donors (Lipinski definition) is 1. The Balaban J connectivity index is 1.57. The minimum Gasteiger partial charge on any atom is -0.495 e. The SMILES string of the molecule is COc1ccc(Cl)cc1NC(=O)CSc1nc2c(c(=O)n1Cc1ccccc1)SC(C)C2. The summed E-state index contributed by atoms with van der Waals surface area (Å²) in [5.74, 6) is 0.382. The van der Waals surface area contributed by atoms with Crippen molar-refractivity contribution in [1.82, 2.24) is 9.55 Å². The number of aromatic nitrogens is 2. The molecule has 1 N–H and O–H groups in total. The lowest BCUT2D eigenvalue weighted by molar-refractivity contribution is -0.113. The van der Waals surface area contributed by atoms with Crippen molar-refractivity contribution >= 4 is 46.7 Å². The maximum absolute atomic E-state index is 13.2. The number of hydrogen-bond acceptors (Lipinski definition) is 6. The zero-order valence-electron chi connectivity index (χ0n) is 17.6. The number of fused-ring (bicyclic) bond motifs is 1. The van der Waals surface area contributed by atoms with Crippen molar-refractivity contribution in [3.05, 3.63) is 75.2 Å². The number of nitrogens with one attached hydrogen (secondary N) is 1. The van der Waals surface area contributed by atoms with Crippen LogP contribution in [0.1, 0.15) is 18.2 Å². The summed E-state index contributed by atoms with van der Waals surface area (Å²) in [6, 6.07) is 14.8. The van der Waals surface area contributed by atoms with Gasteiger partial charge in [0, 0.05) is 16.7 Å². The Morgan fingerprint density at radius 1 is 1.31 bits per heavy atom. The molecule has 32 heavy (non-hydrogen) atoms. The average molecular weight is 488 g/mol. The predicted octanol–water partition coefficient (Wildman–Crippen LogP) is 4.72. The molecule has 2 heterocycles. The third kappa shape index (κ3) is 5.14. The minimum atomic E-state index is -0.237. The number of ether oxygens (including phenoxy) is 1. The largest absolute Gasteiger partial charge is 0.495 e. The third-order valence-corrected chi connectivity index (χ3v) is 7.34. The number of anilines is 1. The van der Waals surface area contributed by atoms with E-state index in [1.165, 1.54) is 18.9 Å². The van der Waals surface area contributed by atoms with Crippen molar-refractivity contribution < 1.29 is 9.53 Å². The first-order valence-corrected chi connectivity index (χ1v) is 12.3. The second-order valence-electron chi connectivity index (χ2n) is 7.36. The van der Waals surface area contributed by atoms with E-state index in [2.05, 4.69) is 12.2 Å². The molecule has 166 valence electrons. The van der Waals surface area contributed by atoms with E-state index in [0.29, 0.717) is 38.3 Å². The lowest BCUT2D eigenvalue weighted by Gasteiger charge is -2.14. The van der Waals surface area contributed by atoms with E-state index in [-0.39, 0.29) is 17.2 Å². The number of thioether (sulfide) groups is 2. The molecule has 9 heteroatoms. The number of benzene rings is 2. The van der Waals surface area contributed by atoms with E-state index in [1.54, 1.807) is 34.5 Å². The molecule has 3 aromatic rings. The van der Waals surface area contributed by atoms with E-state index in [1.807, 2.05) is 30.3 Å². The second kappa shape index (κ2) is 10.0. The van der Waals surface area contributed by atoms with Crippen LogP contribution >= 0.6 is 35.1 Å². The van der Waals surface area contributed by atoms with Crippen LogP contribution in [0.3, 0.4) is 0 Å². The highest BCUT2D eigenvalue weighted by Gasteiger charge is 2.26. The highest BCUT2D eigenvalue weighted by molar-refractivity contribution is 8.00. The molecule has 0 radical (unpaired) electrons. The van der Waals surface area contributed by atoms with Gasteiger partial charge in [-0.15, -0.1) is 11.8 Å². The molecule has 0 saturated heterocycles. The molecule has 0 saturated carbocycles. The quantitative estimate of drug-likeness (QED) is 0.384. The highest BCUT2D eigenvalue weighted by atomic mass is 35.5. The van der Waals surface area contributed by atoms with Crippen LogP contribution in [0.25, 0.3) is 0 Å². The lowest BCUT2D eigenvalue weighted by atomic mass is 10.2. The zero-order valence-corrected chi connectivity index (χ0v) is 20.0. The Morgan fingerprint density at radius 2 is 2.09 bits per heavy atom. The van der Waals surface area contributed by atoms with E-state index in [4.69, 9.17) is 21.3 Å². The van der Waals surface area contributed by atoms with Gasteiger partial charge in [0.1, 0.15) is 5.75 Å². The number of methoxy groups -OCH3 is 1. The van der Waals surface area contributed by atoms with Gasteiger partial charge in [-0.3, -0.25) is 14.2 Å². The molecule has 1 aromatic heterocycles. The van der Waals surface area contributed by atoms with Crippen LogP contribution < -0.4 is 15.6 Å². The molecule has 4 rings (SSSR count). The van der Waals surface area contributed by atoms with E-state index in [0.717, 1.165) is 17.7 Å². The van der Waals surface area contributed by atoms with Gasteiger partial charge in [-0.1, -0.05) is 60.6 Å². The molecular weight excluding hydrogens is 466 g/mol. The van der Waals surface area contributed by atoms with Crippen LogP contribution in [0, 0.1) is 0 Å². The maximum Gasteiger partial charge on any atom is 0.268 e. The first kappa shape index (κ1) is 22.8. The first-order chi connectivity index (χ1) is 15.4. The first-order valence-electron chi connectivity index (χ1n) is 10.0. The van der Waals surface area contributed by atoms with Gasteiger partial charge in [0.25, 0.3) is 5.56 Å². The zero-order chi connectivity index (χ0) is 22.7. The number of halogens is 1. The van der Waals surface area contributed by atoms with Crippen LogP contribution in [0.4, 0.5) is 5.69 Å². The summed E-state index contributed by atoms with van der Waals surface area (Å²) in [5.41, 5.74) is 2.27. The molecular formula is C23H22ClN3O3S2. The smallest absolute Gasteiger partial charge is 0.268 e. The molecule has 2 aromatic carbocycles. The topological polar surface area (TPSA) is 73.2 Å². The molecule has 1 aliphatic heterocycles. The van der Waals surface area contributed by atoms with Crippen molar-refractivity contribution in [2.45, 2.75) is 35.2 Å². The second-order valence-corrected chi connectivity index (χ2v) is 10.2. The molecule has 1 atom stereocenters. The Kier molecular flexibility index (Phi) is 7.13. The molecule has 1 aliphatic rings. The van der Waals surface area contributed by atoms with Gasteiger partial charge in [0.15, 0.2) is 5.16 Å². The summed E-state index contributed by atoms with van der Waals surface area (Å²) in [6.07, 6.45) is 0.751. The normalized spacial score (nSPS) is 14.8. The summed E-state index contributed by atoms with van der Waals surface area (Å²) in [4.78, 5) is 31.4. The van der Waals surface area contributed by atoms with Crippen LogP contribution in [0.5, 0.6) is 5.75 Å². The van der Waals surface area contributed by atoms with Crippen molar-refractivity contribution in [2.75, 3.05) is 18.2 Å². The molecule has 6 nitrogen and oxygen atoms in total. The van der Waals surface area contributed by atoms with Crippen molar-refractivity contribution in [1.29, 1.82) is 0 Å². The Bertz CT molecular complexity index is 1200. The molecule has 0 aliphatic carbocycles. The average Bonchev–Trinajstić information content (AvgIpc) is 3.16. The molecule has 0 fully saturated rings. The monoisotopic (exact) mass is 487 g/mol. The number of rotatable bonds is 7. The minimum absolute atomic E-state index is 0.0485. The standard InChI is InChI=1S/C23H22ClN3O3S2/c1-14-10-18-21(32-14)22(29)27(12-15-6-4-3-5-7-15)23(26-18)31-13-20(28)25-17-11-16(24)8-9-19(17)30-2/h3-9,11,14H,10,12-13H2,1-2H3,(H,25,28). The van der Waals surface area contributed by atoms with Crippen LogP contribution in [-0.2, 0) is 17.8 Å². The van der Waals surface area contributed by atoms with Gasteiger partial charge >= 0.3 is 0 Å². The van der Waals surface area contributed by atoms with Crippen molar-refractivity contribution in [3.8, 4) is 5.75 Å². The molecule has 0 spiro atoms. The lowest BCUT2D eigenvalue weighted by Crippen LogP contribution is -2.26. The van der Waals surface area contributed by atoms with Gasteiger partial charge in [-0.2, -0.15) is 0 Å². The van der Waals surface area contributed by atoms with Gasteiger partial charge in [0.05, 0.1) is 35.7 Å². The number of nitrogens with zero attached hydrogens (tertiary/aromatic N) is 2. The fourth-order valence-corrected chi connectivity index (χ4v) is 5.54. The fraction of sp³-hybridized carbons (Fsp3) is 0.261. The Morgan fingerprint density at radius 3 is 2.84 bits per heavy atom. The van der Waals surface area contributed by atoms with Crippen molar-refractivity contribution in [2.24, 2.45) is 0 Å². The number of carbonyl (C=O) groups is 1. The summed E-state index contributed by atoms with van der Waals surface area (Å²) < 4.78 is 6.95. The Labute approximate surface area is 199 Å². The number of amides is 1. The predicted molar refractivity (Wildman–Crippen MR) is 130 cm³/mol. The number of carbonyl (C=O) groups excluding carboxylic acids is 1. The summed E-state index contributed by atoms with van der Waals surface area (Å²) in [5, 5.41) is 4.18. The van der Waals surface area contributed by atoms with Gasteiger partial charge in [-0.05, 0) is 23.8 Å². The Hall–Kier alpha value is -2.42. The fourth-order valence-electron chi connectivity index (χ4n) is 3.44. The molecule has 1 amide bonds. The third-order valence-electron chi connectivity index (χ3n) is 4.91. The molecule has 0 bridgehead atoms. The van der Waals surface area contributed by atoms with Crippen LogP contribution in [0.15, 0.2) is 63.4 Å². The summed E-state index contributed by atoms with van der Waals surface area (Å²) in [6.45, 7) is 2.49. The summed E-state index contributed by atoms with van der Waals surface area (Å²) in [7, 11) is 1.53. The molecule has 1 unspecified atom stereocenters. The van der Waals surface area contributed by atoms with E-state index in [9.17, 15) is 9.59 Å². The van der Waals surface area contributed by atoms with Gasteiger partial charge in [0.2, 0.25) is 5.91 Å². The summed E-state index contributed by atoms with van der Waals surface area (Å²) >= 11 is 8.87. The van der Waals surface area contributed by atoms with Gasteiger partial charge < -0.3 is 10.1 Å². The highest BCUT2D eigenvalue weighted by Crippen LogP contribution is 2.34. The van der Waals surface area contributed by atoms with E-state index >= 15 is 0 Å². The van der Waals surface area contributed by atoms with Gasteiger partial charge in [-0.25, -0.2) is 4.98 Å².